The summed E-state index contributed by atoms with van der Waals surface area (Å²) in [5.74, 6) is 1.20. The second kappa shape index (κ2) is 6.91. The first-order valence-electron chi connectivity index (χ1n) is 7.99. The average Bonchev–Trinajstić information content (AvgIpc) is 3.08. The first-order valence-corrected chi connectivity index (χ1v) is 7.99. The normalized spacial score (nSPS) is 16.0. The number of carbonyl (C=O) groups excluding carboxylic acids is 1. The highest BCUT2D eigenvalue weighted by Crippen LogP contribution is 2.18. The van der Waals surface area contributed by atoms with E-state index in [4.69, 9.17) is 4.42 Å². The molecule has 3 heterocycles. The van der Waals surface area contributed by atoms with E-state index >= 15 is 0 Å². The molecule has 2 aromatic rings. The van der Waals surface area contributed by atoms with E-state index in [1.807, 2.05) is 30.9 Å². The van der Waals surface area contributed by atoms with Crippen molar-refractivity contribution in [3.05, 3.63) is 47.9 Å². The van der Waals surface area contributed by atoms with Gasteiger partial charge in [0.25, 0.3) is 5.91 Å². The molecular formula is C17H22N4O2. The molecule has 0 unspecified atom stereocenters. The Balaban J connectivity index is 1.62. The van der Waals surface area contributed by atoms with Gasteiger partial charge in [0.1, 0.15) is 12.1 Å². The Bertz CT molecular complexity index is 646. The molecule has 6 nitrogen and oxygen atoms in total. The van der Waals surface area contributed by atoms with Gasteiger partial charge >= 0.3 is 0 Å². The summed E-state index contributed by atoms with van der Waals surface area (Å²) in [6.45, 7) is 7.99. The zero-order valence-corrected chi connectivity index (χ0v) is 13.6. The van der Waals surface area contributed by atoms with Gasteiger partial charge in [0.05, 0.1) is 24.1 Å². The molecule has 0 aromatic carbocycles. The number of amides is 1. The highest BCUT2D eigenvalue weighted by atomic mass is 16.3. The zero-order valence-electron chi connectivity index (χ0n) is 13.6. The molecule has 6 heteroatoms. The summed E-state index contributed by atoms with van der Waals surface area (Å²) in [6.07, 6.45) is 4.84. The molecule has 1 fully saturated rings. The second-order valence-corrected chi connectivity index (χ2v) is 6.12. The van der Waals surface area contributed by atoms with Crippen molar-refractivity contribution in [2.24, 2.45) is 0 Å². The lowest BCUT2D eigenvalue weighted by Gasteiger charge is -2.34. The van der Waals surface area contributed by atoms with Gasteiger partial charge in [0.2, 0.25) is 0 Å². The molecule has 0 N–H and O–H groups in total. The van der Waals surface area contributed by atoms with Gasteiger partial charge in [-0.1, -0.05) is 13.8 Å². The van der Waals surface area contributed by atoms with Crippen molar-refractivity contribution in [1.29, 1.82) is 0 Å². The van der Waals surface area contributed by atoms with Crippen LogP contribution in [0, 0.1) is 0 Å². The first-order chi connectivity index (χ1) is 11.1. The summed E-state index contributed by atoms with van der Waals surface area (Å²) in [5, 5.41) is 0. The van der Waals surface area contributed by atoms with Crippen LogP contribution in [0.1, 0.15) is 41.6 Å². The Kier molecular flexibility index (Phi) is 4.71. The molecule has 1 aliphatic heterocycles. The highest BCUT2D eigenvalue weighted by Gasteiger charge is 2.25. The van der Waals surface area contributed by atoms with E-state index in [0.29, 0.717) is 18.7 Å². The van der Waals surface area contributed by atoms with Gasteiger partial charge < -0.3 is 9.32 Å². The zero-order chi connectivity index (χ0) is 16.2. The molecule has 0 atom stereocenters. The third kappa shape index (κ3) is 3.59. The molecule has 2 aromatic heterocycles. The minimum atomic E-state index is 0.0342. The van der Waals surface area contributed by atoms with Crippen LogP contribution < -0.4 is 0 Å². The molecule has 0 bridgehead atoms. The Morgan fingerprint density at radius 1 is 1.30 bits per heavy atom. The quantitative estimate of drug-likeness (QED) is 0.865. The fourth-order valence-electron chi connectivity index (χ4n) is 2.87. The van der Waals surface area contributed by atoms with Crippen LogP contribution in [0.15, 0.2) is 35.3 Å². The van der Waals surface area contributed by atoms with E-state index in [9.17, 15) is 4.79 Å². The standard InChI is InChI=1S/C17H22N4O2/c1-13(2)16-15(10-18-12-19-16)17(22)21-7-5-20(6-8-21)11-14-4-3-9-23-14/h3-4,9-10,12-13H,5-8,11H2,1-2H3. The lowest BCUT2D eigenvalue weighted by molar-refractivity contribution is 0.0618. The molecular weight excluding hydrogens is 292 g/mol. The van der Waals surface area contributed by atoms with Crippen LogP contribution in [0.4, 0.5) is 0 Å². The molecule has 1 saturated heterocycles. The highest BCUT2D eigenvalue weighted by molar-refractivity contribution is 5.95. The van der Waals surface area contributed by atoms with Crippen LogP contribution in [0.25, 0.3) is 0 Å². The van der Waals surface area contributed by atoms with Crippen molar-refractivity contribution in [2.75, 3.05) is 26.2 Å². The SMILES string of the molecule is CC(C)c1ncncc1C(=O)N1CCN(Cc2ccco2)CC1. The minimum Gasteiger partial charge on any atom is -0.468 e. The summed E-state index contributed by atoms with van der Waals surface area (Å²) in [5.41, 5.74) is 1.45. The van der Waals surface area contributed by atoms with Gasteiger partial charge in [-0.2, -0.15) is 0 Å². The number of carbonyl (C=O) groups is 1. The lowest BCUT2D eigenvalue weighted by Crippen LogP contribution is -2.48. The topological polar surface area (TPSA) is 62.5 Å². The molecule has 122 valence electrons. The number of nitrogens with zero attached hydrogens (tertiary/aromatic N) is 4. The van der Waals surface area contributed by atoms with E-state index in [0.717, 1.165) is 31.1 Å². The van der Waals surface area contributed by atoms with Gasteiger partial charge in [0.15, 0.2) is 0 Å². The Morgan fingerprint density at radius 3 is 2.74 bits per heavy atom. The van der Waals surface area contributed by atoms with Crippen LogP contribution in [0.2, 0.25) is 0 Å². The predicted octanol–water partition coefficient (Wildman–Crippen LogP) is 2.15. The Hall–Kier alpha value is -2.21. The number of hydrogen-bond donors (Lipinski definition) is 0. The maximum Gasteiger partial charge on any atom is 0.257 e. The van der Waals surface area contributed by atoms with Gasteiger partial charge in [-0.25, -0.2) is 9.97 Å². The molecule has 3 rings (SSSR count). The van der Waals surface area contributed by atoms with Gasteiger partial charge in [-0.05, 0) is 18.1 Å². The van der Waals surface area contributed by atoms with Crippen molar-refractivity contribution >= 4 is 5.91 Å². The first kappa shape index (κ1) is 15.7. The third-order valence-corrected chi connectivity index (χ3v) is 4.14. The third-order valence-electron chi connectivity index (χ3n) is 4.14. The number of hydrogen-bond acceptors (Lipinski definition) is 5. The summed E-state index contributed by atoms with van der Waals surface area (Å²) < 4.78 is 5.38. The minimum absolute atomic E-state index is 0.0342. The molecule has 0 spiro atoms. The van der Waals surface area contributed by atoms with E-state index in [1.54, 1.807) is 12.5 Å². The van der Waals surface area contributed by atoms with E-state index < -0.39 is 0 Å². The van der Waals surface area contributed by atoms with Crippen LogP contribution in [0.5, 0.6) is 0 Å². The maximum atomic E-state index is 12.8. The number of furan rings is 1. The summed E-state index contributed by atoms with van der Waals surface area (Å²) in [4.78, 5) is 25.3. The molecule has 0 saturated carbocycles. The average molecular weight is 314 g/mol. The maximum absolute atomic E-state index is 12.8. The van der Waals surface area contributed by atoms with E-state index in [2.05, 4.69) is 14.9 Å². The smallest absolute Gasteiger partial charge is 0.257 e. The van der Waals surface area contributed by atoms with Crippen LogP contribution in [-0.4, -0.2) is 51.9 Å². The molecule has 1 amide bonds. The summed E-state index contributed by atoms with van der Waals surface area (Å²) in [6, 6.07) is 3.88. The van der Waals surface area contributed by atoms with Crippen LogP contribution in [0.3, 0.4) is 0 Å². The fraction of sp³-hybridized carbons (Fsp3) is 0.471. The van der Waals surface area contributed by atoms with Crippen molar-refractivity contribution in [3.8, 4) is 0 Å². The predicted molar refractivity (Wildman–Crippen MR) is 86.0 cm³/mol. The lowest BCUT2D eigenvalue weighted by atomic mass is 10.0. The van der Waals surface area contributed by atoms with E-state index in [1.165, 1.54) is 6.33 Å². The van der Waals surface area contributed by atoms with Crippen LogP contribution in [-0.2, 0) is 6.54 Å². The number of aromatic nitrogens is 2. The van der Waals surface area contributed by atoms with Crippen molar-refractivity contribution in [1.82, 2.24) is 19.8 Å². The van der Waals surface area contributed by atoms with E-state index in [-0.39, 0.29) is 11.8 Å². The van der Waals surface area contributed by atoms with Gasteiger partial charge in [0, 0.05) is 32.4 Å². The molecule has 0 aliphatic carbocycles. The molecule has 0 radical (unpaired) electrons. The van der Waals surface area contributed by atoms with Crippen LogP contribution >= 0.6 is 0 Å². The molecule has 1 aliphatic rings. The monoisotopic (exact) mass is 314 g/mol. The van der Waals surface area contributed by atoms with Crippen molar-refractivity contribution in [2.45, 2.75) is 26.3 Å². The summed E-state index contributed by atoms with van der Waals surface area (Å²) >= 11 is 0. The van der Waals surface area contributed by atoms with Gasteiger partial charge in [-0.15, -0.1) is 0 Å². The largest absolute Gasteiger partial charge is 0.468 e. The Morgan fingerprint density at radius 2 is 2.09 bits per heavy atom. The fourth-order valence-corrected chi connectivity index (χ4v) is 2.87. The second-order valence-electron chi connectivity index (χ2n) is 6.12. The van der Waals surface area contributed by atoms with Crippen molar-refractivity contribution < 1.29 is 9.21 Å². The Labute approximate surface area is 136 Å². The van der Waals surface area contributed by atoms with Crippen molar-refractivity contribution in [3.63, 3.8) is 0 Å². The van der Waals surface area contributed by atoms with Gasteiger partial charge in [-0.3, -0.25) is 9.69 Å². The molecule has 23 heavy (non-hydrogen) atoms. The summed E-state index contributed by atoms with van der Waals surface area (Å²) in [7, 11) is 0. The number of piperazine rings is 1. The number of rotatable bonds is 4.